The molecule has 1 aliphatic carbocycles. The van der Waals surface area contributed by atoms with Crippen molar-refractivity contribution >= 4 is 21.8 Å². The molecule has 98 valence electrons. The first kappa shape index (κ1) is 13.4. The SMILES string of the molecule is CC(Oc1ccccc1Br)C(=O)NCC1CCC1. The van der Waals surface area contributed by atoms with Crippen LogP contribution in [0.4, 0.5) is 0 Å². The maximum absolute atomic E-state index is 11.9. The fourth-order valence-corrected chi connectivity index (χ4v) is 2.25. The Balaban J connectivity index is 1.81. The highest BCUT2D eigenvalue weighted by Gasteiger charge is 2.20. The maximum Gasteiger partial charge on any atom is 0.260 e. The van der Waals surface area contributed by atoms with E-state index in [-0.39, 0.29) is 5.91 Å². The zero-order chi connectivity index (χ0) is 13.0. The minimum Gasteiger partial charge on any atom is -0.480 e. The van der Waals surface area contributed by atoms with Crippen LogP contribution in [0.15, 0.2) is 28.7 Å². The van der Waals surface area contributed by atoms with Crippen LogP contribution >= 0.6 is 15.9 Å². The van der Waals surface area contributed by atoms with Gasteiger partial charge in [0.1, 0.15) is 5.75 Å². The van der Waals surface area contributed by atoms with E-state index in [4.69, 9.17) is 4.74 Å². The topological polar surface area (TPSA) is 38.3 Å². The van der Waals surface area contributed by atoms with Gasteiger partial charge in [0.05, 0.1) is 4.47 Å². The van der Waals surface area contributed by atoms with Gasteiger partial charge in [0, 0.05) is 6.54 Å². The van der Waals surface area contributed by atoms with Gasteiger partial charge in [0.15, 0.2) is 6.10 Å². The predicted molar refractivity (Wildman–Crippen MR) is 74.6 cm³/mol. The molecule has 1 aliphatic rings. The van der Waals surface area contributed by atoms with Gasteiger partial charge in [-0.2, -0.15) is 0 Å². The van der Waals surface area contributed by atoms with E-state index in [2.05, 4.69) is 21.2 Å². The fourth-order valence-electron chi connectivity index (χ4n) is 1.87. The van der Waals surface area contributed by atoms with Crippen molar-refractivity contribution < 1.29 is 9.53 Å². The van der Waals surface area contributed by atoms with Crippen molar-refractivity contribution in [3.63, 3.8) is 0 Å². The van der Waals surface area contributed by atoms with E-state index in [1.54, 1.807) is 6.92 Å². The molecule has 0 heterocycles. The van der Waals surface area contributed by atoms with Gasteiger partial charge in [-0.15, -0.1) is 0 Å². The first-order valence-corrected chi connectivity index (χ1v) is 7.15. The van der Waals surface area contributed by atoms with Crippen LogP contribution in [-0.4, -0.2) is 18.6 Å². The van der Waals surface area contributed by atoms with Crippen LogP contribution in [0.1, 0.15) is 26.2 Å². The Morgan fingerprint density at radius 2 is 2.22 bits per heavy atom. The van der Waals surface area contributed by atoms with Gasteiger partial charge in [-0.1, -0.05) is 18.6 Å². The normalized spacial score (nSPS) is 16.8. The largest absolute Gasteiger partial charge is 0.480 e. The Morgan fingerprint density at radius 1 is 1.50 bits per heavy atom. The number of rotatable bonds is 5. The van der Waals surface area contributed by atoms with E-state index < -0.39 is 6.10 Å². The van der Waals surface area contributed by atoms with E-state index in [9.17, 15) is 4.79 Å². The minimum absolute atomic E-state index is 0.0438. The lowest BCUT2D eigenvalue weighted by Gasteiger charge is -2.26. The number of halogens is 1. The molecule has 1 N–H and O–H groups in total. The Morgan fingerprint density at radius 3 is 2.83 bits per heavy atom. The standard InChI is InChI=1S/C14H18BrNO2/c1-10(14(17)16-9-11-5-4-6-11)18-13-8-3-2-7-12(13)15/h2-3,7-8,10-11H,4-6,9H2,1H3,(H,16,17). The molecule has 0 bridgehead atoms. The van der Waals surface area contributed by atoms with Crippen molar-refractivity contribution in [2.75, 3.05) is 6.54 Å². The number of ether oxygens (including phenoxy) is 1. The monoisotopic (exact) mass is 311 g/mol. The highest BCUT2D eigenvalue weighted by Crippen LogP contribution is 2.26. The van der Waals surface area contributed by atoms with Crippen molar-refractivity contribution in [1.29, 1.82) is 0 Å². The smallest absolute Gasteiger partial charge is 0.260 e. The van der Waals surface area contributed by atoms with Crippen LogP contribution in [0, 0.1) is 5.92 Å². The summed E-state index contributed by atoms with van der Waals surface area (Å²) in [6.07, 6.45) is 3.30. The highest BCUT2D eigenvalue weighted by molar-refractivity contribution is 9.10. The second kappa shape index (κ2) is 6.23. The van der Waals surface area contributed by atoms with Gasteiger partial charge in [-0.05, 0) is 53.7 Å². The van der Waals surface area contributed by atoms with Crippen LogP contribution in [-0.2, 0) is 4.79 Å². The van der Waals surface area contributed by atoms with Crippen LogP contribution in [0.3, 0.4) is 0 Å². The molecule has 1 saturated carbocycles. The zero-order valence-electron chi connectivity index (χ0n) is 10.5. The Hall–Kier alpha value is -1.03. The average molecular weight is 312 g/mol. The van der Waals surface area contributed by atoms with Gasteiger partial charge in [0.2, 0.25) is 0 Å². The van der Waals surface area contributed by atoms with Gasteiger partial charge < -0.3 is 10.1 Å². The summed E-state index contributed by atoms with van der Waals surface area (Å²) in [7, 11) is 0. The summed E-state index contributed by atoms with van der Waals surface area (Å²) in [5.74, 6) is 1.33. The van der Waals surface area contributed by atoms with Crippen molar-refractivity contribution in [2.24, 2.45) is 5.92 Å². The van der Waals surface area contributed by atoms with Crippen LogP contribution in [0.2, 0.25) is 0 Å². The minimum atomic E-state index is -0.469. The summed E-state index contributed by atoms with van der Waals surface area (Å²) in [5.41, 5.74) is 0. The molecule has 0 aliphatic heterocycles. The van der Waals surface area contributed by atoms with Crippen molar-refractivity contribution in [3.8, 4) is 5.75 Å². The van der Waals surface area contributed by atoms with E-state index in [1.807, 2.05) is 24.3 Å². The van der Waals surface area contributed by atoms with E-state index in [1.165, 1.54) is 19.3 Å². The van der Waals surface area contributed by atoms with Gasteiger partial charge in [-0.3, -0.25) is 4.79 Å². The average Bonchev–Trinajstić information content (AvgIpc) is 2.30. The molecule has 1 fully saturated rings. The Bertz CT molecular complexity index is 418. The number of benzene rings is 1. The third-order valence-corrected chi connectivity index (χ3v) is 3.95. The number of hydrogen-bond acceptors (Lipinski definition) is 2. The fraction of sp³-hybridized carbons (Fsp3) is 0.500. The first-order chi connectivity index (χ1) is 8.66. The maximum atomic E-state index is 11.9. The number of carbonyl (C=O) groups is 1. The third kappa shape index (κ3) is 3.48. The molecule has 1 unspecified atom stereocenters. The predicted octanol–water partition coefficient (Wildman–Crippen LogP) is 3.13. The second-order valence-electron chi connectivity index (χ2n) is 4.73. The number of amides is 1. The molecule has 1 atom stereocenters. The first-order valence-electron chi connectivity index (χ1n) is 6.35. The molecular weight excluding hydrogens is 294 g/mol. The molecule has 1 amide bonds. The van der Waals surface area contributed by atoms with Gasteiger partial charge in [0.25, 0.3) is 5.91 Å². The molecule has 4 heteroatoms. The molecule has 3 nitrogen and oxygen atoms in total. The Kier molecular flexibility index (Phi) is 4.64. The van der Waals surface area contributed by atoms with E-state index >= 15 is 0 Å². The molecule has 18 heavy (non-hydrogen) atoms. The van der Waals surface area contributed by atoms with Gasteiger partial charge in [-0.25, -0.2) is 0 Å². The zero-order valence-corrected chi connectivity index (χ0v) is 12.1. The molecule has 0 aromatic heterocycles. The highest BCUT2D eigenvalue weighted by atomic mass is 79.9. The summed E-state index contributed by atoms with van der Waals surface area (Å²) in [4.78, 5) is 11.9. The summed E-state index contributed by atoms with van der Waals surface area (Å²) < 4.78 is 6.50. The lowest BCUT2D eigenvalue weighted by atomic mass is 9.85. The third-order valence-electron chi connectivity index (χ3n) is 3.30. The van der Waals surface area contributed by atoms with Crippen LogP contribution in [0.5, 0.6) is 5.75 Å². The van der Waals surface area contributed by atoms with Gasteiger partial charge >= 0.3 is 0 Å². The number of para-hydroxylation sites is 1. The summed E-state index contributed by atoms with van der Waals surface area (Å²) >= 11 is 3.40. The molecule has 1 aromatic carbocycles. The summed E-state index contributed by atoms with van der Waals surface area (Å²) in [6.45, 7) is 2.55. The summed E-state index contributed by atoms with van der Waals surface area (Å²) in [6, 6.07) is 7.55. The van der Waals surface area contributed by atoms with Crippen molar-refractivity contribution in [3.05, 3.63) is 28.7 Å². The molecule has 0 spiro atoms. The second-order valence-corrected chi connectivity index (χ2v) is 5.59. The van der Waals surface area contributed by atoms with E-state index in [0.29, 0.717) is 11.7 Å². The molecular formula is C14H18BrNO2. The Labute approximate surface area is 116 Å². The molecule has 2 rings (SSSR count). The van der Waals surface area contributed by atoms with Crippen molar-refractivity contribution in [1.82, 2.24) is 5.32 Å². The van der Waals surface area contributed by atoms with Crippen LogP contribution in [0.25, 0.3) is 0 Å². The van der Waals surface area contributed by atoms with Crippen molar-refractivity contribution in [2.45, 2.75) is 32.3 Å². The number of carbonyl (C=O) groups excluding carboxylic acids is 1. The molecule has 1 aromatic rings. The lowest BCUT2D eigenvalue weighted by Crippen LogP contribution is -2.40. The number of nitrogens with one attached hydrogen (secondary N) is 1. The molecule has 0 saturated heterocycles. The lowest BCUT2D eigenvalue weighted by molar-refractivity contribution is -0.127. The number of hydrogen-bond donors (Lipinski definition) is 1. The quantitative estimate of drug-likeness (QED) is 0.907. The summed E-state index contributed by atoms with van der Waals surface area (Å²) in [5, 5.41) is 2.94. The van der Waals surface area contributed by atoms with Crippen LogP contribution < -0.4 is 10.1 Å². The molecule has 0 radical (unpaired) electrons. The van der Waals surface area contributed by atoms with E-state index in [0.717, 1.165) is 11.0 Å².